The number of benzene rings is 1. The molecule has 2 N–H and O–H groups in total. The number of aromatic nitrogens is 2. The van der Waals surface area contributed by atoms with E-state index in [1.807, 2.05) is 0 Å². The first-order chi connectivity index (χ1) is 13.0. The topological polar surface area (TPSA) is 90.7 Å². The molecule has 1 aromatic carbocycles. The van der Waals surface area contributed by atoms with Crippen molar-refractivity contribution in [3.63, 3.8) is 0 Å². The molecule has 0 spiro atoms. The summed E-state index contributed by atoms with van der Waals surface area (Å²) in [6.45, 7) is 1.78. The molecule has 0 aliphatic heterocycles. The summed E-state index contributed by atoms with van der Waals surface area (Å²) in [6, 6.07) is 8.61. The van der Waals surface area contributed by atoms with Gasteiger partial charge in [-0.05, 0) is 31.9 Å². The number of thioether (sulfide) groups is 1. The number of para-hydroxylation sites is 1. The number of rotatable bonds is 6. The van der Waals surface area contributed by atoms with Crippen LogP contribution in [0.2, 0.25) is 0 Å². The van der Waals surface area contributed by atoms with Crippen LogP contribution in [-0.2, 0) is 4.79 Å². The number of amides is 1. The van der Waals surface area contributed by atoms with Crippen molar-refractivity contribution in [3.05, 3.63) is 30.1 Å². The van der Waals surface area contributed by atoms with E-state index in [1.54, 1.807) is 25.1 Å². The van der Waals surface area contributed by atoms with Gasteiger partial charge < -0.3 is 10.6 Å². The lowest BCUT2D eigenvalue weighted by Gasteiger charge is -2.32. The molecule has 0 bridgehead atoms. The fraction of sp³-hybridized carbons (Fsp3) is 0.444. The molecule has 1 aliphatic rings. The molecular weight excluding hydrogens is 385 g/mol. The second-order valence-corrected chi connectivity index (χ2v) is 9.05. The van der Waals surface area contributed by atoms with Crippen LogP contribution in [0.4, 0.5) is 15.2 Å². The smallest absolute Gasteiger partial charge is 0.234 e. The van der Waals surface area contributed by atoms with Gasteiger partial charge in [-0.1, -0.05) is 54.5 Å². The Morgan fingerprint density at radius 2 is 2.07 bits per heavy atom. The van der Waals surface area contributed by atoms with Crippen molar-refractivity contribution in [2.45, 2.75) is 54.2 Å². The fourth-order valence-electron chi connectivity index (χ4n) is 2.95. The van der Waals surface area contributed by atoms with E-state index < -0.39 is 10.8 Å². The van der Waals surface area contributed by atoms with Gasteiger partial charge in [0.15, 0.2) is 4.34 Å². The molecule has 0 radical (unpaired) electrons. The quantitative estimate of drug-likeness (QED) is 0.699. The molecule has 1 amide bonds. The van der Waals surface area contributed by atoms with E-state index in [9.17, 15) is 14.4 Å². The first-order valence-corrected chi connectivity index (χ1v) is 10.5. The Hall–Kier alpha value is -2.18. The number of nitriles is 1. The highest BCUT2D eigenvalue weighted by atomic mass is 32.2. The lowest BCUT2D eigenvalue weighted by atomic mass is 9.83. The van der Waals surface area contributed by atoms with E-state index in [2.05, 4.69) is 26.9 Å². The summed E-state index contributed by atoms with van der Waals surface area (Å²) < 4.78 is 14.3. The largest absolute Gasteiger partial charge is 0.337 e. The summed E-state index contributed by atoms with van der Waals surface area (Å²) >= 11 is 2.53. The molecule has 27 heavy (non-hydrogen) atoms. The van der Waals surface area contributed by atoms with Crippen LogP contribution >= 0.6 is 23.1 Å². The third-order valence-corrected chi connectivity index (χ3v) is 6.48. The zero-order valence-electron chi connectivity index (χ0n) is 14.9. The van der Waals surface area contributed by atoms with Crippen LogP contribution < -0.4 is 10.6 Å². The van der Waals surface area contributed by atoms with E-state index in [0.29, 0.717) is 28.0 Å². The van der Waals surface area contributed by atoms with Crippen molar-refractivity contribution in [3.8, 4) is 6.07 Å². The van der Waals surface area contributed by atoms with Crippen molar-refractivity contribution >= 4 is 39.8 Å². The van der Waals surface area contributed by atoms with E-state index >= 15 is 0 Å². The number of halogens is 1. The predicted molar refractivity (Wildman–Crippen MR) is 104 cm³/mol. The minimum Gasteiger partial charge on any atom is -0.337 e. The average molecular weight is 406 g/mol. The van der Waals surface area contributed by atoms with Crippen molar-refractivity contribution < 1.29 is 9.18 Å². The van der Waals surface area contributed by atoms with Gasteiger partial charge in [0.1, 0.15) is 11.4 Å². The van der Waals surface area contributed by atoms with Crippen molar-refractivity contribution in [1.82, 2.24) is 15.5 Å². The number of hydrogen-bond acceptors (Lipinski definition) is 7. The van der Waals surface area contributed by atoms with Crippen LogP contribution in [0.3, 0.4) is 0 Å². The van der Waals surface area contributed by atoms with E-state index in [4.69, 9.17) is 0 Å². The molecule has 3 rings (SSSR count). The highest BCUT2D eigenvalue weighted by molar-refractivity contribution is 8.02. The number of carbonyl (C=O) groups excluding carboxylic acids is 1. The fourth-order valence-corrected chi connectivity index (χ4v) is 4.86. The van der Waals surface area contributed by atoms with Gasteiger partial charge >= 0.3 is 0 Å². The summed E-state index contributed by atoms with van der Waals surface area (Å²) in [7, 11) is 0. The SMILES string of the molecule is C[C@H](Sc1nnc(Nc2ccccc2F)s1)C(=O)NC1(C#N)CCCCC1. The Balaban J connectivity index is 1.59. The van der Waals surface area contributed by atoms with Crippen LogP contribution in [0.15, 0.2) is 28.6 Å². The number of hydrogen-bond donors (Lipinski definition) is 2. The van der Waals surface area contributed by atoms with Gasteiger partial charge in [0.25, 0.3) is 0 Å². The summed E-state index contributed by atoms with van der Waals surface area (Å²) in [5, 5.41) is 23.4. The van der Waals surface area contributed by atoms with Crippen molar-refractivity contribution in [2.75, 3.05) is 5.32 Å². The van der Waals surface area contributed by atoms with Crippen LogP contribution in [-0.4, -0.2) is 26.9 Å². The first-order valence-electron chi connectivity index (χ1n) is 8.76. The van der Waals surface area contributed by atoms with Crippen LogP contribution in [0, 0.1) is 17.1 Å². The van der Waals surface area contributed by atoms with Crippen LogP contribution in [0.5, 0.6) is 0 Å². The molecule has 142 valence electrons. The second-order valence-electron chi connectivity index (χ2n) is 6.48. The highest BCUT2D eigenvalue weighted by Crippen LogP contribution is 2.32. The standard InChI is InChI=1S/C18H20FN5OS2/c1-12(15(25)22-18(11-20)9-5-2-6-10-18)26-17-24-23-16(27-17)21-14-8-4-3-7-13(14)19/h3-4,7-8,12H,2,5-6,9-10H2,1H3,(H,21,23)(H,22,25)/t12-/m0/s1. The Morgan fingerprint density at radius 1 is 1.33 bits per heavy atom. The van der Waals surface area contributed by atoms with Gasteiger partial charge in [0, 0.05) is 0 Å². The lowest BCUT2D eigenvalue weighted by Crippen LogP contribution is -2.50. The second kappa shape index (κ2) is 8.67. The third kappa shape index (κ3) is 4.96. The molecule has 2 aromatic rings. The number of carbonyl (C=O) groups is 1. The molecule has 1 heterocycles. The van der Waals surface area contributed by atoms with Gasteiger partial charge in [-0.2, -0.15) is 5.26 Å². The van der Waals surface area contributed by atoms with E-state index in [1.165, 1.54) is 29.2 Å². The summed E-state index contributed by atoms with van der Waals surface area (Å²) in [6.07, 6.45) is 4.41. The monoisotopic (exact) mass is 405 g/mol. The van der Waals surface area contributed by atoms with Gasteiger partial charge in [0.2, 0.25) is 11.0 Å². The molecule has 1 atom stereocenters. The summed E-state index contributed by atoms with van der Waals surface area (Å²) in [5.74, 6) is -0.550. The summed E-state index contributed by atoms with van der Waals surface area (Å²) in [5.41, 5.74) is -0.424. The Kier molecular flexibility index (Phi) is 6.29. The lowest BCUT2D eigenvalue weighted by molar-refractivity contribution is -0.121. The molecule has 1 saturated carbocycles. The summed E-state index contributed by atoms with van der Waals surface area (Å²) in [4.78, 5) is 12.5. The first kappa shape index (κ1) is 19.6. The Morgan fingerprint density at radius 3 is 2.78 bits per heavy atom. The van der Waals surface area contributed by atoms with Crippen molar-refractivity contribution in [2.24, 2.45) is 0 Å². The van der Waals surface area contributed by atoms with Crippen LogP contribution in [0.1, 0.15) is 39.0 Å². The number of anilines is 2. The zero-order valence-corrected chi connectivity index (χ0v) is 16.5. The highest BCUT2D eigenvalue weighted by Gasteiger charge is 2.35. The molecule has 9 heteroatoms. The molecule has 1 fully saturated rings. The van der Waals surface area contributed by atoms with Gasteiger partial charge in [-0.3, -0.25) is 4.79 Å². The number of nitrogens with zero attached hydrogens (tertiary/aromatic N) is 3. The maximum absolute atomic E-state index is 13.7. The van der Waals surface area contributed by atoms with Gasteiger partial charge in [-0.15, -0.1) is 10.2 Å². The molecule has 1 aromatic heterocycles. The van der Waals surface area contributed by atoms with Crippen molar-refractivity contribution in [1.29, 1.82) is 5.26 Å². The third-order valence-electron chi connectivity index (χ3n) is 4.45. The minimum atomic E-state index is -0.747. The maximum Gasteiger partial charge on any atom is 0.234 e. The molecule has 0 saturated heterocycles. The molecule has 0 unspecified atom stereocenters. The molecule has 1 aliphatic carbocycles. The zero-order chi connectivity index (χ0) is 19.3. The molecule has 6 nitrogen and oxygen atoms in total. The maximum atomic E-state index is 13.7. The normalized spacial score (nSPS) is 16.9. The Labute approximate surface area is 165 Å². The van der Waals surface area contributed by atoms with Crippen LogP contribution in [0.25, 0.3) is 0 Å². The Bertz CT molecular complexity index is 844. The van der Waals surface area contributed by atoms with Gasteiger partial charge in [-0.25, -0.2) is 4.39 Å². The predicted octanol–water partition coefficient (Wildman–Crippen LogP) is 4.24. The van der Waals surface area contributed by atoms with E-state index in [-0.39, 0.29) is 11.7 Å². The average Bonchev–Trinajstić information content (AvgIpc) is 3.11. The number of nitrogens with one attached hydrogen (secondary N) is 2. The minimum absolute atomic E-state index is 0.178. The van der Waals surface area contributed by atoms with Gasteiger partial charge in [0.05, 0.1) is 17.0 Å². The molecular formula is C18H20FN5OS2. The van der Waals surface area contributed by atoms with E-state index in [0.717, 1.165) is 19.3 Å².